The summed E-state index contributed by atoms with van der Waals surface area (Å²) in [6, 6.07) is 3.55. The summed E-state index contributed by atoms with van der Waals surface area (Å²) in [6.07, 6.45) is 1.79. The number of aliphatic hydroxyl groups is 1. The minimum atomic E-state index is 0. The van der Waals surface area contributed by atoms with Crippen molar-refractivity contribution in [3.8, 4) is 0 Å². The molecule has 2 nitrogen and oxygen atoms in total. The summed E-state index contributed by atoms with van der Waals surface area (Å²) in [7, 11) is 1.83. The smallest absolute Gasteiger partial charge is 0.274 e. The molecule has 0 bridgehead atoms. The Balaban J connectivity index is 0.000001000. The van der Waals surface area contributed by atoms with Gasteiger partial charge in [-0.25, -0.2) is 0 Å². The van der Waals surface area contributed by atoms with Gasteiger partial charge in [-0.15, -0.1) is 0 Å². The van der Waals surface area contributed by atoms with Crippen molar-refractivity contribution < 1.29 is 33.7 Å². The van der Waals surface area contributed by atoms with E-state index in [4.69, 9.17) is 16.7 Å². The number of pyridine rings is 1. The SMILES string of the molecule is C[n+]1cc(CO)ccc1Cl.[I-]. The van der Waals surface area contributed by atoms with Gasteiger partial charge in [-0.2, -0.15) is 4.57 Å². The Bertz CT molecular complexity index is 242. The fourth-order valence-corrected chi connectivity index (χ4v) is 0.852. The molecule has 0 amide bonds. The van der Waals surface area contributed by atoms with Crippen LogP contribution in [0, 0.1) is 0 Å². The molecule has 4 heteroatoms. The lowest BCUT2D eigenvalue weighted by atomic mass is 10.3. The lowest BCUT2D eigenvalue weighted by Crippen LogP contribution is -3.00. The van der Waals surface area contributed by atoms with Gasteiger partial charge < -0.3 is 29.1 Å². The highest BCUT2D eigenvalue weighted by molar-refractivity contribution is 6.28. The molecule has 0 radical (unpaired) electrons. The average molecular weight is 286 g/mol. The molecule has 0 aliphatic rings. The van der Waals surface area contributed by atoms with Gasteiger partial charge in [0.25, 0.3) is 5.15 Å². The zero-order chi connectivity index (χ0) is 7.56. The first kappa shape index (κ1) is 11.1. The molecule has 0 unspecified atom stereocenters. The highest BCUT2D eigenvalue weighted by Crippen LogP contribution is 2.01. The van der Waals surface area contributed by atoms with Gasteiger partial charge >= 0.3 is 0 Å². The maximum absolute atomic E-state index is 8.70. The topological polar surface area (TPSA) is 24.1 Å². The molecule has 0 saturated heterocycles. The first-order valence-corrected chi connectivity index (χ1v) is 3.37. The molecule has 0 aliphatic carbocycles. The number of hydrogen-bond acceptors (Lipinski definition) is 1. The number of aryl methyl sites for hydroxylation is 1. The van der Waals surface area contributed by atoms with Crippen molar-refractivity contribution >= 4 is 11.6 Å². The van der Waals surface area contributed by atoms with E-state index in [2.05, 4.69) is 0 Å². The highest BCUT2D eigenvalue weighted by Gasteiger charge is 2.02. The summed E-state index contributed by atoms with van der Waals surface area (Å²) in [5.41, 5.74) is 0.868. The number of rotatable bonds is 1. The zero-order valence-corrected chi connectivity index (χ0v) is 9.00. The Hall–Kier alpha value is 0.130. The van der Waals surface area contributed by atoms with E-state index in [-0.39, 0.29) is 30.6 Å². The molecule has 1 heterocycles. The maximum atomic E-state index is 8.70. The molecule has 62 valence electrons. The summed E-state index contributed by atoms with van der Waals surface area (Å²) in [4.78, 5) is 0. The van der Waals surface area contributed by atoms with Gasteiger partial charge in [0, 0.05) is 11.6 Å². The van der Waals surface area contributed by atoms with Crippen LogP contribution in [0.4, 0.5) is 0 Å². The van der Waals surface area contributed by atoms with Crippen LogP contribution in [0.15, 0.2) is 18.3 Å². The molecule has 1 rings (SSSR count). The molecule has 11 heavy (non-hydrogen) atoms. The van der Waals surface area contributed by atoms with E-state index in [1.807, 2.05) is 7.05 Å². The van der Waals surface area contributed by atoms with Crippen LogP contribution in [0.25, 0.3) is 0 Å². The number of nitrogens with zero attached hydrogens (tertiary/aromatic N) is 1. The van der Waals surface area contributed by atoms with E-state index in [9.17, 15) is 0 Å². The summed E-state index contributed by atoms with van der Waals surface area (Å²) in [6.45, 7) is 0.0605. The molecule has 0 atom stereocenters. The predicted molar refractivity (Wildman–Crippen MR) is 38.6 cm³/mol. The summed E-state index contributed by atoms with van der Waals surface area (Å²) in [5, 5.41) is 9.36. The van der Waals surface area contributed by atoms with E-state index >= 15 is 0 Å². The van der Waals surface area contributed by atoms with Gasteiger partial charge in [-0.1, -0.05) is 0 Å². The second-order valence-electron chi connectivity index (χ2n) is 2.13. The molecule has 0 fully saturated rings. The molecule has 1 N–H and O–H groups in total. The van der Waals surface area contributed by atoms with Gasteiger partial charge in [0.05, 0.1) is 6.61 Å². The Morgan fingerprint density at radius 3 is 2.64 bits per heavy atom. The fraction of sp³-hybridized carbons (Fsp3) is 0.286. The van der Waals surface area contributed by atoms with Crippen LogP contribution in [0.5, 0.6) is 0 Å². The summed E-state index contributed by atoms with van der Waals surface area (Å²) >= 11 is 5.72. The molecule has 0 aliphatic heterocycles. The van der Waals surface area contributed by atoms with Crippen molar-refractivity contribution in [2.24, 2.45) is 7.05 Å². The third-order valence-electron chi connectivity index (χ3n) is 1.31. The van der Waals surface area contributed by atoms with E-state index < -0.39 is 0 Å². The van der Waals surface area contributed by atoms with E-state index in [1.54, 1.807) is 22.9 Å². The number of aromatic nitrogens is 1. The first-order valence-electron chi connectivity index (χ1n) is 2.99. The lowest BCUT2D eigenvalue weighted by molar-refractivity contribution is -0.669. The number of aliphatic hydroxyl groups excluding tert-OH is 1. The number of hydrogen-bond donors (Lipinski definition) is 1. The average Bonchev–Trinajstić information content (AvgIpc) is 1.95. The third kappa shape index (κ3) is 2.92. The Morgan fingerprint density at radius 2 is 2.18 bits per heavy atom. The second kappa shape index (κ2) is 4.90. The van der Waals surface area contributed by atoms with Crippen molar-refractivity contribution in [3.05, 3.63) is 29.0 Å². The van der Waals surface area contributed by atoms with Crippen LogP contribution >= 0.6 is 11.6 Å². The lowest BCUT2D eigenvalue weighted by Gasteiger charge is -1.93. The third-order valence-corrected chi connectivity index (χ3v) is 1.71. The monoisotopic (exact) mass is 285 g/mol. The van der Waals surface area contributed by atoms with Gasteiger partial charge in [0.2, 0.25) is 0 Å². The van der Waals surface area contributed by atoms with Crippen molar-refractivity contribution in [1.82, 2.24) is 0 Å². The van der Waals surface area contributed by atoms with Crippen LogP contribution in [0.3, 0.4) is 0 Å². The van der Waals surface area contributed by atoms with Gasteiger partial charge in [-0.05, 0) is 17.7 Å². The Labute approximate surface area is 87.8 Å². The molecular formula is C7H9ClINO. The molecule has 0 saturated carbocycles. The molecule has 0 aromatic carbocycles. The molecule has 1 aromatic heterocycles. The highest BCUT2D eigenvalue weighted by atomic mass is 127. The predicted octanol–water partition coefficient (Wildman–Crippen LogP) is -2.34. The van der Waals surface area contributed by atoms with Crippen LogP contribution in [0.1, 0.15) is 5.56 Å². The largest absolute Gasteiger partial charge is 1.00 e. The van der Waals surface area contributed by atoms with Crippen LogP contribution in [0.2, 0.25) is 5.15 Å². The first-order chi connectivity index (χ1) is 4.74. The van der Waals surface area contributed by atoms with Crippen LogP contribution in [-0.4, -0.2) is 5.11 Å². The van der Waals surface area contributed by atoms with Crippen molar-refractivity contribution in [2.45, 2.75) is 6.61 Å². The minimum Gasteiger partial charge on any atom is -1.00 e. The van der Waals surface area contributed by atoms with Gasteiger partial charge in [0.1, 0.15) is 7.05 Å². The maximum Gasteiger partial charge on any atom is 0.274 e. The minimum absolute atomic E-state index is 0. The molecular weight excluding hydrogens is 276 g/mol. The second-order valence-corrected chi connectivity index (χ2v) is 2.52. The summed E-state index contributed by atoms with van der Waals surface area (Å²) in [5.74, 6) is 0. The zero-order valence-electron chi connectivity index (χ0n) is 6.09. The van der Waals surface area contributed by atoms with Crippen molar-refractivity contribution in [2.75, 3.05) is 0 Å². The Kier molecular flexibility index (Phi) is 4.96. The van der Waals surface area contributed by atoms with Gasteiger partial charge in [-0.3, -0.25) is 0 Å². The quantitative estimate of drug-likeness (QED) is 0.349. The van der Waals surface area contributed by atoms with E-state index in [0.29, 0.717) is 5.15 Å². The molecule has 1 aromatic rings. The van der Waals surface area contributed by atoms with Crippen LogP contribution < -0.4 is 28.5 Å². The molecule has 0 spiro atoms. The van der Waals surface area contributed by atoms with Crippen molar-refractivity contribution in [1.29, 1.82) is 0 Å². The van der Waals surface area contributed by atoms with Crippen LogP contribution in [-0.2, 0) is 13.7 Å². The van der Waals surface area contributed by atoms with Gasteiger partial charge in [0.15, 0.2) is 6.20 Å². The van der Waals surface area contributed by atoms with E-state index in [1.165, 1.54) is 0 Å². The normalized spacial score (nSPS) is 9.00. The van der Waals surface area contributed by atoms with E-state index in [0.717, 1.165) is 5.56 Å². The Morgan fingerprint density at radius 1 is 1.55 bits per heavy atom. The standard InChI is InChI=1S/C7H9ClNO.HI/c1-9-4-6(5-10)2-3-7(9)8;/h2-4,10H,5H2,1H3;1H/q+1;/p-1. The fourth-order valence-electron chi connectivity index (χ4n) is 0.740. The number of halogens is 2. The van der Waals surface area contributed by atoms with Crippen molar-refractivity contribution in [3.63, 3.8) is 0 Å². The summed E-state index contributed by atoms with van der Waals surface area (Å²) < 4.78 is 1.76.